The van der Waals surface area contributed by atoms with Crippen LogP contribution in [-0.4, -0.2) is 23.7 Å². The van der Waals surface area contributed by atoms with Gasteiger partial charge in [0.1, 0.15) is 0 Å². The number of hydrogen-bond acceptors (Lipinski definition) is 4. The zero-order valence-electron chi connectivity index (χ0n) is 16.2. The average Bonchev–Trinajstić information content (AvgIpc) is 2.75. The molecule has 0 spiro atoms. The molecule has 5 heteroatoms. The minimum Gasteiger partial charge on any atom is -0.453 e. The molecule has 0 unspecified atom stereocenters. The Morgan fingerprint density at radius 2 is 1.52 bits per heavy atom. The van der Waals surface area contributed by atoms with Crippen molar-refractivity contribution < 1.29 is 14.3 Å². The lowest BCUT2D eigenvalue weighted by Crippen LogP contribution is -2.30. The summed E-state index contributed by atoms with van der Waals surface area (Å²) in [7, 11) is 0. The third kappa shape index (κ3) is 6.22. The van der Waals surface area contributed by atoms with Crippen molar-refractivity contribution in [3.8, 4) is 11.1 Å². The summed E-state index contributed by atoms with van der Waals surface area (Å²) >= 11 is 1.59. The Kier molecular flexibility index (Phi) is 7.47. The molecule has 0 fully saturated rings. The van der Waals surface area contributed by atoms with Gasteiger partial charge in [0.2, 0.25) is 0 Å². The molecule has 0 saturated carbocycles. The van der Waals surface area contributed by atoms with Crippen LogP contribution in [0.2, 0.25) is 0 Å². The number of para-hydroxylation sites is 1. The van der Waals surface area contributed by atoms with E-state index in [-0.39, 0.29) is 18.3 Å². The molecular weight excluding hydrogens is 382 g/mol. The first-order valence-electron chi connectivity index (χ1n) is 9.46. The number of nitrogens with one attached hydrogen (secondary N) is 1. The monoisotopic (exact) mass is 405 g/mol. The molecule has 0 saturated heterocycles. The summed E-state index contributed by atoms with van der Waals surface area (Å²) in [5.74, 6) is -0.126. The van der Waals surface area contributed by atoms with Crippen LogP contribution in [-0.2, 0) is 14.3 Å². The highest BCUT2D eigenvalue weighted by Gasteiger charge is 2.19. The van der Waals surface area contributed by atoms with Crippen LogP contribution in [0.4, 0.5) is 5.69 Å². The van der Waals surface area contributed by atoms with Crippen molar-refractivity contribution in [3.05, 3.63) is 84.9 Å². The maximum absolute atomic E-state index is 12.5. The minimum atomic E-state index is -0.868. The standard InChI is InChI=1S/C24H23NO3S/c1-18(28-23(26)16-17-29-20-12-6-3-7-13-20)24(27)25-22-15-9-8-14-21(22)19-10-4-2-5-11-19/h2-15,18H,16-17H2,1H3,(H,25,27)/t18-/m1/s1. The molecule has 3 aromatic carbocycles. The number of hydrogen-bond donors (Lipinski definition) is 1. The molecule has 0 aromatic heterocycles. The predicted octanol–water partition coefficient (Wildman–Crippen LogP) is 5.41. The van der Waals surface area contributed by atoms with E-state index in [2.05, 4.69) is 5.32 Å². The largest absolute Gasteiger partial charge is 0.453 e. The van der Waals surface area contributed by atoms with Gasteiger partial charge < -0.3 is 10.1 Å². The highest BCUT2D eigenvalue weighted by atomic mass is 32.2. The van der Waals surface area contributed by atoms with Gasteiger partial charge in [0, 0.05) is 21.9 Å². The maximum Gasteiger partial charge on any atom is 0.307 e. The Labute approximate surface area is 175 Å². The van der Waals surface area contributed by atoms with Crippen molar-refractivity contribution in [2.75, 3.05) is 11.1 Å². The number of carbonyl (C=O) groups excluding carboxylic acids is 2. The zero-order valence-corrected chi connectivity index (χ0v) is 17.0. The van der Waals surface area contributed by atoms with Crippen molar-refractivity contribution in [3.63, 3.8) is 0 Å². The molecule has 0 aliphatic carbocycles. The van der Waals surface area contributed by atoms with Gasteiger partial charge in [-0.05, 0) is 30.7 Å². The summed E-state index contributed by atoms with van der Waals surface area (Å²) in [5, 5.41) is 2.87. The SMILES string of the molecule is C[C@@H](OC(=O)CCSc1ccccc1)C(=O)Nc1ccccc1-c1ccccc1. The highest BCUT2D eigenvalue weighted by molar-refractivity contribution is 7.99. The second-order valence-electron chi connectivity index (χ2n) is 6.44. The second kappa shape index (κ2) is 10.5. The summed E-state index contributed by atoms with van der Waals surface area (Å²) in [4.78, 5) is 25.7. The third-order valence-electron chi connectivity index (χ3n) is 4.27. The number of carbonyl (C=O) groups is 2. The fourth-order valence-corrected chi connectivity index (χ4v) is 3.63. The van der Waals surface area contributed by atoms with Crippen LogP contribution in [0, 0.1) is 0 Å². The summed E-state index contributed by atoms with van der Waals surface area (Å²) in [6.45, 7) is 1.59. The molecule has 1 N–H and O–H groups in total. The molecule has 29 heavy (non-hydrogen) atoms. The lowest BCUT2D eigenvalue weighted by molar-refractivity contribution is -0.152. The predicted molar refractivity (Wildman–Crippen MR) is 118 cm³/mol. The van der Waals surface area contributed by atoms with Crippen molar-refractivity contribution in [1.82, 2.24) is 0 Å². The fraction of sp³-hybridized carbons (Fsp3) is 0.167. The maximum atomic E-state index is 12.5. The lowest BCUT2D eigenvalue weighted by atomic mass is 10.0. The van der Waals surface area contributed by atoms with Gasteiger partial charge >= 0.3 is 5.97 Å². The van der Waals surface area contributed by atoms with E-state index in [0.29, 0.717) is 11.4 Å². The van der Waals surface area contributed by atoms with E-state index in [1.807, 2.05) is 84.9 Å². The number of amides is 1. The van der Waals surface area contributed by atoms with Gasteiger partial charge in [0.15, 0.2) is 6.10 Å². The van der Waals surface area contributed by atoms with E-state index in [9.17, 15) is 9.59 Å². The number of esters is 1. The first-order valence-corrected chi connectivity index (χ1v) is 10.4. The van der Waals surface area contributed by atoms with Gasteiger partial charge in [0.25, 0.3) is 5.91 Å². The van der Waals surface area contributed by atoms with Gasteiger partial charge in [-0.2, -0.15) is 0 Å². The van der Waals surface area contributed by atoms with Gasteiger partial charge in [-0.3, -0.25) is 9.59 Å². The van der Waals surface area contributed by atoms with E-state index in [0.717, 1.165) is 16.0 Å². The molecule has 3 aromatic rings. The van der Waals surface area contributed by atoms with Crippen molar-refractivity contribution in [2.24, 2.45) is 0 Å². The Bertz CT molecular complexity index is 945. The fourth-order valence-electron chi connectivity index (χ4n) is 2.77. The van der Waals surface area contributed by atoms with Crippen LogP contribution < -0.4 is 5.32 Å². The average molecular weight is 406 g/mol. The van der Waals surface area contributed by atoms with Crippen LogP contribution in [0.3, 0.4) is 0 Å². The van der Waals surface area contributed by atoms with Crippen LogP contribution in [0.5, 0.6) is 0 Å². The van der Waals surface area contributed by atoms with Crippen LogP contribution >= 0.6 is 11.8 Å². The van der Waals surface area contributed by atoms with E-state index in [4.69, 9.17) is 4.74 Å². The van der Waals surface area contributed by atoms with E-state index in [1.165, 1.54) is 0 Å². The first kappa shape index (κ1) is 20.7. The molecule has 0 aliphatic rings. The van der Waals surface area contributed by atoms with Gasteiger partial charge in [-0.1, -0.05) is 66.7 Å². The lowest BCUT2D eigenvalue weighted by Gasteiger charge is -2.16. The molecule has 0 bridgehead atoms. The van der Waals surface area contributed by atoms with Crippen LogP contribution in [0.1, 0.15) is 13.3 Å². The van der Waals surface area contributed by atoms with E-state index >= 15 is 0 Å². The summed E-state index contributed by atoms with van der Waals surface area (Å²) in [5.41, 5.74) is 2.61. The van der Waals surface area contributed by atoms with Gasteiger partial charge in [0.05, 0.1) is 6.42 Å². The van der Waals surface area contributed by atoms with Crippen LogP contribution in [0.15, 0.2) is 89.8 Å². The molecule has 3 rings (SSSR count). The Balaban J connectivity index is 1.52. The molecule has 1 atom stereocenters. The summed E-state index contributed by atoms with van der Waals surface area (Å²) in [6, 6.07) is 27.2. The smallest absolute Gasteiger partial charge is 0.307 e. The normalized spacial score (nSPS) is 11.5. The first-order chi connectivity index (χ1) is 14.1. The Hall–Kier alpha value is -3.05. The van der Waals surface area contributed by atoms with E-state index in [1.54, 1.807) is 18.7 Å². The summed E-state index contributed by atoms with van der Waals surface area (Å²) < 4.78 is 5.30. The van der Waals surface area contributed by atoms with Gasteiger partial charge in [-0.15, -0.1) is 11.8 Å². The van der Waals surface area contributed by atoms with Crippen molar-refractivity contribution in [2.45, 2.75) is 24.3 Å². The van der Waals surface area contributed by atoms with Crippen LogP contribution in [0.25, 0.3) is 11.1 Å². The van der Waals surface area contributed by atoms with Gasteiger partial charge in [-0.25, -0.2) is 0 Å². The molecule has 0 radical (unpaired) electrons. The van der Waals surface area contributed by atoms with Crippen molar-refractivity contribution in [1.29, 1.82) is 0 Å². The third-order valence-corrected chi connectivity index (χ3v) is 5.28. The Morgan fingerprint density at radius 3 is 2.24 bits per heavy atom. The van der Waals surface area contributed by atoms with Crippen molar-refractivity contribution >= 4 is 29.3 Å². The zero-order chi connectivity index (χ0) is 20.5. The number of rotatable bonds is 8. The number of benzene rings is 3. The number of anilines is 1. The number of ether oxygens (including phenoxy) is 1. The molecule has 1 amide bonds. The van der Waals surface area contributed by atoms with E-state index < -0.39 is 6.10 Å². The molecular formula is C24H23NO3S. The second-order valence-corrected chi connectivity index (χ2v) is 7.61. The summed E-state index contributed by atoms with van der Waals surface area (Å²) in [6.07, 6.45) is -0.620. The topological polar surface area (TPSA) is 55.4 Å². The Morgan fingerprint density at radius 1 is 0.897 bits per heavy atom. The number of thioether (sulfide) groups is 1. The molecule has 0 heterocycles. The molecule has 148 valence electrons. The quantitative estimate of drug-likeness (QED) is 0.402. The molecule has 0 aliphatic heterocycles. The minimum absolute atomic E-state index is 0.248. The highest BCUT2D eigenvalue weighted by Crippen LogP contribution is 2.27. The molecule has 4 nitrogen and oxygen atoms in total.